The lowest BCUT2D eigenvalue weighted by molar-refractivity contribution is 0.604. The van der Waals surface area contributed by atoms with Crippen LogP contribution in [0.1, 0.15) is 37.4 Å². The van der Waals surface area contributed by atoms with Gasteiger partial charge in [-0.2, -0.15) is 0 Å². The molecule has 0 saturated heterocycles. The SMILES string of the molecule is CCNCc1ccc(C(C)(C)C)s1. The lowest BCUT2D eigenvalue weighted by Crippen LogP contribution is -2.10. The predicted octanol–water partition coefficient (Wildman–Crippen LogP) is 3.16. The highest BCUT2D eigenvalue weighted by atomic mass is 32.1. The molecule has 1 heterocycles. The van der Waals surface area contributed by atoms with E-state index in [9.17, 15) is 0 Å². The molecular weight excluding hydrogens is 178 g/mol. The largest absolute Gasteiger partial charge is 0.312 e. The summed E-state index contributed by atoms with van der Waals surface area (Å²) in [4.78, 5) is 2.91. The number of hydrogen-bond acceptors (Lipinski definition) is 2. The lowest BCUT2D eigenvalue weighted by atomic mass is 9.95. The topological polar surface area (TPSA) is 12.0 Å². The number of nitrogens with one attached hydrogen (secondary N) is 1. The quantitative estimate of drug-likeness (QED) is 0.785. The Labute approximate surface area is 85.2 Å². The smallest absolute Gasteiger partial charge is 0.0299 e. The van der Waals surface area contributed by atoms with Crippen LogP contribution in [0.2, 0.25) is 0 Å². The minimum absolute atomic E-state index is 0.301. The molecule has 0 aromatic carbocycles. The summed E-state index contributed by atoms with van der Waals surface area (Å²) < 4.78 is 0. The van der Waals surface area contributed by atoms with Gasteiger partial charge in [-0.15, -0.1) is 11.3 Å². The fraction of sp³-hybridized carbons (Fsp3) is 0.636. The monoisotopic (exact) mass is 197 g/mol. The molecule has 0 amide bonds. The van der Waals surface area contributed by atoms with Crippen LogP contribution in [0.5, 0.6) is 0 Å². The van der Waals surface area contributed by atoms with Crippen molar-refractivity contribution in [1.29, 1.82) is 0 Å². The van der Waals surface area contributed by atoms with Gasteiger partial charge < -0.3 is 5.32 Å². The average Bonchev–Trinajstić information content (AvgIpc) is 2.47. The molecule has 1 nitrogen and oxygen atoms in total. The fourth-order valence-corrected chi connectivity index (χ4v) is 2.16. The van der Waals surface area contributed by atoms with Crippen LogP contribution >= 0.6 is 11.3 Å². The highest BCUT2D eigenvalue weighted by Gasteiger charge is 2.15. The van der Waals surface area contributed by atoms with Crippen molar-refractivity contribution in [2.75, 3.05) is 6.54 Å². The van der Waals surface area contributed by atoms with Crippen molar-refractivity contribution in [3.8, 4) is 0 Å². The summed E-state index contributed by atoms with van der Waals surface area (Å²) in [5, 5.41) is 3.34. The maximum absolute atomic E-state index is 3.34. The highest BCUT2D eigenvalue weighted by molar-refractivity contribution is 7.12. The summed E-state index contributed by atoms with van der Waals surface area (Å²) in [5.74, 6) is 0. The van der Waals surface area contributed by atoms with Crippen LogP contribution in [-0.2, 0) is 12.0 Å². The van der Waals surface area contributed by atoms with E-state index in [0.29, 0.717) is 5.41 Å². The van der Waals surface area contributed by atoms with E-state index < -0.39 is 0 Å². The zero-order chi connectivity index (χ0) is 9.90. The van der Waals surface area contributed by atoms with Crippen molar-refractivity contribution in [2.24, 2.45) is 0 Å². The van der Waals surface area contributed by atoms with Gasteiger partial charge in [0.25, 0.3) is 0 Å². The predicted molar refractivity (Wildman–Crippen MR) is 60.4 cm³/mol. The van der Waals surface area contributed by atoms with Gasteiger partial charge in [0.2, 0.25) is 0 Å². The molecule has 0 saturated carbocycles. The first-order chi connectivity index (χ1) is 6.04. The Morgan fingerprint density at radius 3 is 2.46 bits per heavy atom. The van der Waals surface area contributed by atoms with E-state index in [1.54, 1.807) is 0 Å². The van der Waals surface area contributed by atoms with Crippen molar-refractivity contribution in [3.05, 3.63) is 21.9 Å². The second-order valence-electron chi connectivity index (χ2n) is 4.30. The van der Waals surface area contributed by atoms with Crippen molar-refractivity contribution in [1.82, 2.24) is 5.32 Å². The van der Waals surface area contributed by atoms with E-state index in [0.717, 1.165) is 13.1 Å². The van der Waals surface area contributed by atoms with Gasteiger partial charge in [-0.1, -0.05) is 27.7 Å². The summed E-state index contributed by atoms with van der Waals surface area (Å²) in [6, 6.07) is 4.48. The van der Waals surface area contributed by atoms with E-state index in [1.165, 1.54) is 9.75 Å². The molecular formula is C11H19NS. The number of hydrogen-bond donors (Lipinski definition) is 1. The molecule has 13 heavy (non-hydrogen) atoms. The molecule has 0 unspecified atom stereocenters. The lowest BCUT2D eigenvalue weighted by Gasteiger charge is -2.15. The molecule has 0 atom stereocenters. The van der Waals surface area contributed by atoms with Gasteiger partial charge in [0.1, 0.15) is 0 Å². The molecule has 0 radical (unpaired) electrons. The van der Waals surface area contributed by atoms with Crippen molar-refractivity contribution in [2.45, 2.75) is 39.7 Å². The molecule has 1 aromatic heterocycles. The summed E-state index contributed by atoms with van der Waals surface area (Å²) in [6.07, 6.45) is 0. The Kier molecular flexibility index (Phi) is 3.51. The first kappa shape index (κ1) is 10.7. The highest BCUT2D eigenvalue weighted by Crippen LogP contribution is 2.29. The van der Waals surface area contributed by atoms with Crippen LogP contribution in [0.4, 0.5) is 0 Å². The minimum atomic E-state index is 0.301. The maximum atomic E-state index is 3.34. The molecule has 74 valence electrons. The molecule has 2 heteroatoms. The Morgan fingerprint density at radius 1 is 1.31 bits per heavy atom. The van der Waals surface area contributed by atoms with Crippen molar-refractivity contribution >= 4 is 11.3 Å². The van der Waals surface area contributed by atoms with Gasteiger partial charge in [-0.3, -0.25) is 0 Å². The summed E-state index contributed by atoms with van der Waals surface area (Å²) >= 11 is 1.92. The van der Waals surface area contributed by atoms with Crippen LogP contribution in [0.3, 0.4) is 0 Å². The van der Waals surface area contributed by atoms with Gasteiger partial charge >= 0.3 is 0 Å². The van der Waals surface area contributed by atoms with E-state index in [-0.39, 0.29) is 0 Å². The molecule has 0 aliphatic rings. The van der Waals surface area contributed by atoms with Gasteiger partial charge in [-0.25, -0.2) is 0 Å². The zero-order valence-corrected chi connectivity index (χ0v) is 9.79. The molecule has 0 aliphatic heterocycles. The standard InChI is InChI=1S/C11H19NS/c1-5-12-8-9-6-7-10(13-9)11(2,3)4/h6-7,12H,5,8H2,1-4H3. The third-order valence-corrected chi connectivity index (χ3v) is 3.46. The van der Waals surface area contributed by atoms with Crippen LogP contribution in [0.15, 0.2) is 12.1 Å². The zero-order valence-electron chi connectivity index (χ0n) is 8.98. The second kappa shape index (κ2) is 4.25. The summed E-state index contributed by atoms with van der Waals surface area (Å²) in [7, 11) is 0. The van der Waals surface area contributed by atoms with Gasteiger partial charge in [-0.05, 0) is 24.1 Å². The number of rotatable bonds is 3. The van der Waals surface area contributed by atoms with Gasteiger partial charge in [0.05, 0.1) is 0 Å². The summed E-state index contributed by atoms with van der Waals surface area (Å²) in [5.41, 5.74) is 0.301. The third kappa shape index (κ3) is 3.12. The maximum Gasteiger partial charge on any atom is 0.0299 e. The van der Waals surface area contributed by atoms with Crippen LogP contribution in [-0.4, -0.2) is 6.54 Å². The summed E-state index contributed by atoms with van der Waals surface area (Å²) in [6.45, 7) is 11.0. The van der Waals surface area contributed by atoms with Crippen molar-refractivity contribution in [3.63, 3.8) is 0 Å². The van der Waals surface area contributed by atoms with Crippen LogP contribution in [0, 0.1) is 0 Å². The second-order valence-corrected chi connectivity index (χ2v) is 5.46. The molecule has 1 aromatic rings. The van der Waals surface area contributed by atoms with E-state index in [4.69, 9.17) is 0 Å². The molecule has 1 N–H and O–H groups in total. The Morgan fingerprint density at radius 2 is 2.00 bits per heavy atom. The fourth-order valence-electron chi connectivity index (χ4n) is 1.12. The van der Waals surface area contributed by atoms with Gasteiger partial charge in [0, 0.05) is 16.3 Å². The van der Waals surface area contributed by atoms with E-state index in [2.05, 4.69) is 45.1 Å². The Balaban J connectivity index is 2.64. The van der Waals surface area contributed by atoms with Crippen molar-refractivity contribution < 1.29 is 0 Å². The van der Waals surface area contributed by atoms with E-state index >= 15 is 0 Å². The first-order valence-corrected chi connectivity index (χ1v) is 5.65. The average molecular weight is 197 g/mol. The molecule has 0 bridgehead atoms. The molecule has 1 rings (SSSR count). The van der Waals surface area contributed by atoms with E-state index in [1.807, 2.05) is 11.3 Å². The van der Waals surface area contributed by atoms with Crippen LogP contribution in [0.25, 0.3) is 0 Å². The molecule has 0 spiro atoms. The Bertz CT molecular complexity index is 257. The first-order valence-electron chi connectivity index (χ1n) is 4.84. The Hall–Kier alpha value is -0.340. The normalized spacial score (nSPS) is 12.0. The van der Waals surface area contributed by atoms with Gasteiger partial charge in [0.15, 0.2) is 0 Å². The third-order valence-electron chi connectivity index (χ3n) is 1.95. The molecule has 0 aliphatic carbocycles. The number of thiophene rings is 1. The minimum Gasteiger partial charge on any atom is -0.312 e. The molecule has 0 fully saturated rings. The van der Waals surface area contributed by atoms with Crippen LogP contribution < -0.4 is 5.32 Å².